The SMILES string of the molecule is COc1cccc2c1C(=O)c1c(O)c3c(c(O)c1C2=O)C[C@@H](/C(CO)=N/NC(=O)CCCCCN1C(=O)CC(C)C1=O)CC3O. The molecule has 0 radical (unpaired) electrons. The van der Waals surface area contributed by atoms with Crippen LogP contribution in [0.5, 0.6) is 17.2 Å². The summed E-state index contributed by atoms with van der Waals surface area (Å²) in [6.07, 6.45) is 0.497. The second-order valence-corrected chi connectivity index (χ2v) is 11.6. The van der Waals surface area contributed by atoms with Crippen LogP contribution in [0.4, 0.5) is 0 Å². The molecule has 0 spiro atoms. The number of phenols is 2. The first-order valence-corrected chi connectivity index (χ1v) is 14.8. The molecule has 1 fully saturated rings. The summed E-state index contributed by atoms with van der Waals surface area (Å²) >= 11 is 0. The highest BCUT2D eigenvalue weighted by molar-refractivity contribution is 6.31. The number of hydrazone groups is 1. The van der Waals surface area contributed by atoms with Crippen LogP contribution in [0.25, 0.3) is 0 Å². The summed E-state index contributed by atoms with van der Waals surface area (Å²) in [6.45, 7) is 1.46. The van der Waals surface area contributed by atoms with Gasteiger partial charge in [0, 0.05) is 47.9 Å². The van der Waals surface area contributed by atoms with Crippen molar-refractivity contribution in [3.05, 3.63) is 51.6 Å². The number of ether oxygens (including phenoxy) is 1. The van der Waals surface area contributed by atoms with Gasteiger partial charge in [-0.3, -0.25) is 28.9 Å². The van der Waals surface area contributed by atoms with Crippen LogP contribution in [0.1, 0.15) is 94.5 Å². The van der Waals surface area contributed by atoms with Gasteiger partial charge in [0.1, 0.15) is 17.2 Å². The number of hydrogen-bond acceptors (Lipinski definition) is 11. The van der Waals surface area contributed by atoms with Crippen molar-refractivity contribution in [1.29, 1.82) is 0 Å². The maximum Gasteiger partial charge on any atom is 0.240 e. The number of nitrogens with zero attached hydrogens (tertiary/aromatic N) is 2. The number of benzene rings is 2. The summed E-state index contributed by atoms with van der Waals surface area (Å²) in [5.41, 5.74) is 1.62. The molecule has 238 valence electrons. The van der Waals surface area contributed by atoms with E-state index >= 15 is 0 Å². The monoisotopic (exact) mass is 621 g/mol. The molecule has 2 aromatic rings. The molecule has 3 atom stereocenters. The molecule has 3 amide bonds. The number of amides is 3. The van der Waals surface area contributed by atoms with Gasteiger partial charge in [0.25, 0.3) is 0 Å². The van der Waals surface area contributed by atoms with Gasteiger partial charge < -0.3 is 25.2 Å². The van der Waals surface area contributed by atoms with Crippen LogP contribution < -0.4 is 10.2 Å². The van der Waals surface area contributed by atoms with Crippen LogP contribution >= 0.6 is 0 Å². The summed E-state index contributed by atoms with van der Waals surface area (Å²) in [5, 5.41) is 47.6. The smallest absolute Gasteiger partial charge is 0.240 e. The predicted octanol–water partition coefficient (Wildman–Crippen LogP) is 1.90. The molecule has 3 aliphatic rings. The molecule has 0 saturated carbocycles. The lowest BCUT2D eigenvalue weighted by Crippen LogP contribution is -2.32. The lowest BCUT2D eigenvalue weighted by molar-refractivity contribution is -0.139. The Morgan fingerprint density at radius 2 is 1.76 bits per heavy atom. The molecule has 2 unspecified atom stereocenters. The highest BCUT2D eigenvalue weighted by Crippen LogP contribution is 2.50. The first-order valence-electron chi connectivity index (χ1n) is 14.8. The molecule has 5 N–H and O–H groups in total. The molecular formula is C32H35N3O10. The number of carbonyl (C=O) groups is 5. The number of aliphatic hydroxyl groups excluding tert-OH is 2. The summed E-state index contributed by atoms with van der Waals surface area (Å²) in [4.78, 5) is 64.5. The number of carbonyl (C=O) groups excluding carboxylic acids is 5. The fourth-order valence-electron chi connectivity index (χ4n) is 6.42. The van der Waals surface area contributed by atoms with Crippen LogP contribution in [0, 0.1) is 11.8 Å². The van der Waals surface area contributed by atoms with Crippen molar-refractivity contribution in [2.24, 2.45) is 16.9 Å². The maximum atomic E-state index is 13.5. The minimum atomic E-state index is -1.39. The zero-order chi connectivity index (χ0) is 32.6. The quantitative estimate of drug-likeness (QED) is 0.0731. The Morgan fingerprint density at radius 1 is 1.02 bits per heavy atom. The van der Waals surface area contributed by atoms with Crippen molar-refractivity contribution < 1.29 is 49.1 Å². The van der Waals surface area contributed by atoms with Gasteiger partial charge in [-0.2, -0.15) is 5.10 Å². The molecule has 0 aromatic heterocycles. The molecule has 1 heterocycles. The third-order valence-electron chi connectivity index (χ3n) is 8.77. The molecule has 2 aromatic carbocycles. The summed E-state index contributed by atoms with van der Waals surface area (Å²) in [7, 11) is 1.34. The number of fused-ring (bicyclic) bond motifs is 3. The number of likely N-dealkylation sites (tertiary alicyclic amines) is 1. The van der Waals surface area contributed by atoms with Gasteiger partial charge in [-0.25, -0.2) is 5.43 Å². The highest BCUT2D eigenvalue weighted by Gasteiger charge is 2.43. The van der Waals surface area contributed by atoms with E-state index in [1.165, 1.54) is 30.2 Å². The number of rotatable bonds is 10. The Labute approximate surface area is 258 Å². The number of phenolic OH excluding ortho intramolecular Hbond substituents is 2. The zero-order valence-electron chi connectivity index (χ0n) is 25.0. The third-order valence-corrected chi connectivity index (χ3v) is 8.77. The van der Waals surface area contributed by atoms with E-state index in [9.17, 15) is 44.4 Å². The van der Waals surface area contributed by atoms with E-state index in [0.29, 0.717) is 25.8 Å². The summed E-state index contributed by atoms with van der Waals surface area (Å²) < 4.78 is 5.25. The Bertz CT molecular complexity index is 1630. The number of unbranched alkanes of at least 4 members (excludes halogenated alkanes) is 2. The Hall–Kier alpha value is -4.62. The van der Waals surface area contributed by atoms with Gasteiger partial charge in [0.2, 0.25) is 23.5 Å². The Morgan fingerprint density at radius 3 is 2.42 bits per heavy atom. The summed E-state index contributed by atoms with van der Waals surface area (Å²) in [5.74, 6) is -4.21. The number of nitrogens with one attached hydrogen (secondary N) is 1. The second-order valence-electron chi connectivity index (χ2n) is 11.6. The molecule has 45 heavy (non-hydrogen) atoms. The van der Waals surface area contributed by atoms with Crippen LogP contribution in [0.15, 0.2) is 23.3 Å². The lowest BCUT2D eigenvalue weighted by Gasteiger charge is -2.32. The Balaban J connectivity index is 1.27. The number of methoxy groups -OCH3 is 1. The van der Waals surface area contributed by atoms with Gasteiger partial charge >= 0.3 is 0 Å². The first-order chi connectivity index (χ1) is 21.5. The van der Waals surface area contributed by atoms with Crippen molar-refractivity contribution in [2.45, 2.75) is 58.0 Å². The van der Waals surface area contributed by atoms with Crippen molar-refractivity contribution in [1.82, 2.24) is 10.3 Å². The van der Waals surface area contributed by atoms with Crippen LogP contribution in [-0.4, -0.2) is 80.6 Å². The van der Waals surface area contributed by atoms with Gasteiger partial charge in [0.15, 0.2) is 5.78 Å². The summed E-state index contributed by atoms with van der Waals surface area (Å²) in [6, 6.07) is 4.45. The molecule has 0 bridgehead atoms. The van der Waals surface area contributed by atoms with Gasteiger partial charge in [-0.05, 0) is 31.7 Å². The van der Waals surface area contributed by atoms with E-state index < -0.39 is 53.2 Å². The van der Waals surface area contributed by atoms with Crippen molar-refractivity contribution >= 4 is 35.0 Å². The van der Waals surface area contributed by atoms with Crippen LogP contribution in [0.2, 0.25) is 0 Å². The van der Waals surface area contributed by atoms with E-state index in [4.69, 9.17) is 4.74 Å². The normalized spacial score (nSPS) is 21.0. The fraction of sp³-hybridized carbons (Fsp3) is 0.438. The van der Waals surface area contributed by atoms with Crippen molar-refractivity contribution in [2.75, 3.05) is 20.3 Å². The van der Waals surface area contributed by atoms with E-state index in [-0.39, 0.29) is 82.7 Å². The molecule has 13 nitrogen and oxygen atoms in total. The lowest BCUT2D eigenvalue weighted by atomic mass is 9.73. The van der Waals surface area contributed by atoms with Gasteiger partial charge in [-0.15, -0.1) is 0 Å². The number of hydrogen-bond donors (Lipinski definition) is 5. The second kappa shape index (κ2) is 12.8. The first kappa shape index (κ1) is 31.8. The number of imide groups is 1. The van der Waals surface area contributed by atoms with E-state index in [1.54, 1.807) is 6.92 Å². The number of aliphatic hydroxyl groups is 2. The van der Waals surface area contributed by atoms with Crippen molar-refractivity contribution in [3.8, 4) is 17.2 Å². The fourth-order valence-corrected chi connectivity index (χ4v) is 6.42. The largest absolute Gasteiger partial charge is 0.507 e. The number of ketones is 2. The van der Waals surface area contributed by atoms with E-state index in [2.05, 4.69) is 10.5 Å². The van der Waals surface area contributed by atoms with Crippen molar-refractivity contribution in [3.63, 3.8) is 0 Å². The molecule has 13 heteroatoms. The predicted molar refractivity (Wildman–Crippen MR) is 158 cm³/mol. The minimum Gasteiger partial charge on any atom is -0.507 e. The maximum absolute atomic E-state index is 13.5. The average Bonchev–Trinajstić information content (AvgIpc) is 3.26. The zero-order valence-corrected chi connectivity index (χ0v) is 25.0. The van der Waals surface area contributed by atoms with E-state index in [0.717, 1.165) is 0 Å². The third kappa shape index (κ3) is 5.69. The van der Waals surface area contributed by atoms with Gasteiger partial charge in [-0.1, -0.05) is 25.5 Å². The standard InChI is InChI=1S/C32H35N3O10/c1-15-11-23(39)35(32(15)44)10-5-3-4-9-22(38)34-33-19(14-36)16-12-18-24(20(37)13-16)30(42)27-26(29(18)41)28(40)17-7-6-8-21(45-2)25(17)31(27)43/h6-8,15-16,20,36-37,41-42H,3-5,9-14H2,1-2H3,(H,34,38)/b33-19+/t15?,16-,20?/m1/s1. The molecule has 1 saturated heterocycles. The van der Waals surface area contributed by atoms with Crippen LogP contribution in [-0.2, 0) is 20.8 Å². The Kier molecular flexibility index (Phi) is 9.03. The molecular weight excluding hydrogens is 586 g/mol. The topological polar surface area (TPSA) is 203 Å². The average molecular weight is 622 g/mol. The minimum absolute atomic E-state index is 0.00218. The van der Waals surface area contributed by atoms with Gasteiger partial charge in [0.05, 0.1) is 42.2 Å². The molecule has 1 aliphatic heterocycles. The molecule has 2 aliphatic carbocycles. The number of aromatic hydroxyl groups is 2. The highest BCUT2D eigenvalue weighted by atomic mass is 16.5. The van der Waals surface area contributed by atoms with E-state index in [1.807, 2.05) is 0 Å². The molecule has 5 rings (SSSR count). The van der Waals surface area contributed by atoms with Crippen LogP contribution in [0.3, 0.4) is 0 Å².